The van der Waals surface area contributed by atoms with E-state index in [1.165, 1.54) is 5.56 Å². The molecule has 0 fully saturated rings. The summed E-state index contributed by atoms with van der Waals surface area (Å²) in [6.45, 7) is 4.14. The lowest BCUT2D eigenvalue weighted by Gasteiger charge is -2.17. The van der Waals surface area contributed by atoms with Gasteiger partial charge in [-0.1, -0.05) is 6.07 Å². The average molecular weight is 204 g/mol. The molecule has 0 amide bonds. The van der Waals surface area contributed by atoms with Crippen molar-refractivity contribution in [1.82, 2.24) is 9.97 Å². The normalized spacial score (nSPS) is 11.9. The summed E-state index contributed by atoms with van der Waals surface area (Å²) in [4.78, 5) is 8.17. The SMILES string of the molecule is CC(C)(S)c1ccc2ncncc2c1. The maximum Gasteiger partial charge on any atom is 0.116 e. The summed E-state index contributed by atoms with van der Waals surface area (Å²) in [5.41, 5.74) is 2.16. The van der Waals surface area contributed by atoms with Crippen LogP contribution in [0, 0.1) is 0 Å². The number of aromatic nitrogens is 2. The summed E-state index contributed by atoms with van der Waals surface area (Å²) in [6, 6.07) is 6.15. The third-order valence-electron chi connectivity index (χ3n) is 2.21. The first kappa shape index (κ1) is 9.46. The van der Waals surface area contributed by atoms with Crippen LogP contribution in [-0.2, 0) is 4.75 Å². The number of thiol groups is 1. The van der Waals surface area contributed by atoms with Gasteiger partial charge < -0.3 is 0 Å². The van der Waals surface area contributed by atoms with E-state index in [0.29, 0.717) is 0 Å². The Morgan fingerprint density at radius 3 is 2.79 bits per heavy atom. The molecule has 2 aromatic rings. The van der Waals surface area contributed by atoms with E-state index >= 15 is 0 Å². The minimum absolute atomic E-state index is 0.121. The van der Waals surface area contributed by atoms with Crippen molar-refractivity contribution in [2.45, 2.75) is 18.6 Å². The third kappa shape index (κ3) is 1.73. The topological polar surface area (TPSA) is 25.8 Å². The van der Waals surface area contributed by atoms with E-state index in [2.05, 4.69) is 48.6 Å². The summed E-state index contributed by atoms with van der Waals surface area (Å²) in [5.74, 6) is 0. The maximum absolute atomic E-state index is 4.53. The monoisotopic (exact) mass is 204 g/mol. The molecule has 2 nitrogen and oxygen atoms in total. The molecule has 2 rings (SSSR count). The van der Waals surface area contributed by atoms with Gasteiger partial charge in [-0.05, 0) is 31.5 Å². The highest BCUT2D eigenvalue weighted by Gasteiger charge is 2.14. The number of fused-ring (bicyclic) bond motifs is 1. The largest absolute Gasteiger partial charge is 0.244 e. The molecule has 72 valence electrons. The lowest BCUT2D eigenvalue weighted by Crippen LogP contribution is -2.07. The molecule has 0 saturated heterocycles. The number of benzene rings is 1. The standard InChI is InChI=1S/C11H12N2S/c1-11(2,14)9-3-4-10-8(5-9)6-12-7-13-10/h3-7,14H,1-2H3. The van der Waals surface area contributed by atoms with Gasteiger partial charge in [0, 0.05) is 16.3 Å². The van der Waals surface area contributed by atoms with Crippen LogP contribution in [0.3, 0.4) is 0 Å². The van der Waals surface area contributed by atoms with Crippen molar-refractivity contribution in [3.63, 3.8) is 0 Å². The lowest BCUT2D eigenvalue weighted by molar-refractivity contribution is 0.793. The molecule has 0 spiro atoms. The zero-order valence-corrected chi connectivity index (χ0v) is 9.12. The first-order chi connectivity index (χ1) is 6.57. The van der Waals surface area contributed by atoms with Crippen LogP contribution in [0.2, 0.25) is 0 Å². The highest BCUT2D eigenvalue weighted by atomic mass is 32.1. The van der Waals surface area contributed by atoms with E-state index in [1.54, 1.807) is 6.33 Å². The number of hydrogen-bond donors (Lipinski definition) is 1. The van der Waals surface area contributed by atoms with Crippen LogP contribution in [-0.4, -0.2) is 9.97 Å². The Balaban J connectivity index is 2.63. The minimum Gasteiger partial charge on any atom is -0.244 e. The third-order valence-corrected chi connectivity index (χ3v) is 2.47. The highest BCUT2D eigenvalue weighted by molar-refractivity contribution is 7.81. The molecule has 0 radical (unpaired) electrons. The van der Waals surface area contributed by atoms with Crippen molar-refractivity contribution in [3.05, 3.63) is 36.3 Å². The van der Waals surface area contributed by atoms with Crippen molar-refractivity contribution in [1.29, 1.82) is 0 Å². The van der Waals surface area contributed by atoms with Gasteiger partial charge in [0.2, 0.25) is 0 Å². The maximum atomic E-state index is 4.53. The summed E-state index contributed by atoms with van der Waals surface area (Å²) < 4.78 is -0.121. The summed E-state index contributed by atoms with van der Waals surface area (Å²) in [6.07, 6.45) is 3.39. The van der Waals surface area contributed by atoms with Gasteiger partial charge in [0.05, 0.1) is 5.52 Å². The van der Waals surface area contributed by atoms with E-state index in [-0.39, 0.29) is 4.75 Å². The summed E-state index contributed by atoms with van der Waals surface area (Å²) in [5, 5.41) is 1.06. The zero-order chi connectivity index (χ0) is 10.2. The smallest absolute Gasteiger partial charge is 0.116 e. The first-order valence-corrected chi connectivity index (χ1v) is 4.95. The van der Waals surface area contributed by atoms with Crippen LogP contribution in [0.4, 0.5) is 0 Å². The Bertz CT molecular complexity index is 460. The van der Waals surface area contributed by atoms with E-state index in [1.807, 2.05) is 12.3 Å². The second kappa shape index (κ2) is 3.24. The Morgan fingerprint density at radius 2 is 2.07 bits per heavy atom. The predicted octanol–water partition coefficient (Wildman–Crippen LogP) is 2.79. The highest BCUT2D eigenvalue weighted by Crippen LogP contribution is 2.28. The molecule has 14 heavy (non-hydrogen) atoms. The molecule has 1 aromatic heterocycles. The van der Waals surface area contributed by atoms with E-state index in [0.717, 1.165) is 10.9 Å². The van der Waals surface area contributed by atoms with Crippen molar-refractivity contribution in [2.24, 2.45) is 0 Å². The molecule has 1 aromatic carbocycles. The van der Waals surface area contributed by atoms with Gasteiger partial charge in [-0.25, -0.2) is 9.97 Å². The second-order valence-electron chi connectivity index (χ2n) is 3.86. The van der Waals surface area contributed by atoms with E-state index in [9.17, 15) is 0 Å². The zero-order valence-electron chi connectivity index (χ0n) is 8.23. The number of rotatable bonds is 1. The summed E-state index contributed by atoms with van der Waals surface area (Å²) >= 11 is 4.53. The fourth-order valence-corrected chi connectivity index (χ4v) is 1.50. The first-order valence-electron chi connectivity index (χ1n) is 4.50. The molecule has 3 heteroatoms. The quantitative estimate of drug-likeness (QED) is 0.723. The van der Waals surface area contributed by atoms with Gasteiger partial charge in [-0.2, -0.15) is 12.6 Å². The molecule has 0 saturated carbocycles. The van der Waals surface area contributed by atoms with E-state index in [4.69, 9.17) is 0 Å². The van der Waals surface area contributed by atoms with Crippen molar-refractivity contribution in [2.75, 3.05) is 0 Å². The van der Waals surface area contributed by atoms with Crippen LogP contribution in [0.1, 0.15) is 19.4 Å². The Labute approximate surface area is 88.8 Å². The van der Waals surface area contributed by atoms with Gasteiger partial charge in [0.1, 0.15) is 6.33 Å². The Morgan fingerprint density at radius 1 is 1.29 bits per heavy atom. The molecule has 0 aliphatic heterocycles. The molecular weight excluding hydrogens is 192 g/mol. The van der Waals surface area contributed by atoms with Gasteiger partial charge in [-0.15, -0.1) is 0 Å². The van der Waals surface area contributed by atoms with Crippen LogP contribution < -0.4 is 0 Å². The molecule has 0 aliphatic rings. The van der Waals surface area contributed by atoms with Crippen LogP contribution in [0.5, 0.6) is 0 Å². The fourth-order valence-electron chi connectivity index (χ4n) is 1.37. The van der Waals surface area contributed by atoms with Crippen LogP contribution >= 0.6 is 12.6 Å². The van der Waals surface area contributed by atoms with Crippen molar-refractivity contribution >= 4 is 23.5 Å². The van der Waals surface area contributed by atoms with Crippen molar-refractivity contribution in [3.8, 4) is 0 Å². The Kier molecular flexibility index (Phi) is 2.19. The predicted molar refractivity (Wildman–Crippen MR) is 61.6 cm³/mol. The molecule has 0 atom stereocenters. The molecule has 0 bridgehead atoms. The molecule has 0 aliphatic carbocycles. The number of nitrogens with zero attached hydrogens (tertiary/aromatic N) is 2. The fraction of sp³-hybridized carbons (Fsp3) is 0.273. The Hall–Kier alpha value is -1.09. The molecule has 1 heterocycles. The molecular formula is C11H12N2S. The number of hydrogen-bond acceptors (Lipinski definition) is 3. The van der Waals surface area contributed by atoms with E-state index < -0.39 is 0 Å². The average Bonchev–Trinajstić information content (AvgIpc) is 2.16. The second-order valence-corrected chi connectivity index (χ2v) is 4.97. The van der Waals surface area contributed by atoms with Gasteiger partial charge in [0.25, 0.3) is 0 Å². The van der Waals surface area contributed by atoms with Gasteiger partial charge >= 0.3 is 0 Å². The van der Waals surface area contributed by atoms with Crippen LogP contribution in [0.25, 0.3) is 10.9 Å². The molecule has 0 unspecified atom stereocenters. The van der Waals surface area contributed by atoms with Gasteiger partial charge in [0.15, 0.2) is 0 Å². The van der Waals surface area contributed by atoms with Crippen LogP contribution in [0.15, 0.2) is 30.7 Å². The lowest BCUT2D eigenvalue weighted by atomic mass is 10.0. The molecule has 0 N–H and O–H groups in total. The summed E-state index contributed by atoms with van der Waals surface area (Å²) in [7, 11) is 0. The van der Waals surface area contributed by atoms with Gasteiger partial charge in [-0.3, -0.25) is 0 Å². The van der Waals surface area contributed by atoms with Crippen molar-refractivity contribution < 1.29 is 0 Å². The minimum atomic E-state index is -0.121.